The largest absolute Gasteiger partial charge is 0.383 e. The minimum atomic E-state index is -2.08. The fraction of sp³-hybridized carbons (Fsp3) is 0.500. The van der Waals surface area contributed by atoms with Crippen LogP contribution >= 0.6 is 0 Å². The summed E-state index contributed by atoms with van der Waals surface area (Å²) in [6.07, 6.45) is 6.44. The topological polar surface area (TPSA) is 20.2 Å². The number of benzene rings is 2. The van der Waals surface area contributed by atoms with Crippen LogP contribution in [0.25, 0.3) is 0 Å². The first-order chi connectivity index (χ1) is 14.3. The Balaban J connectivity index is 1.76. The zero-order valence-electron chi connectivity index (χ0n) is 17.0. The highest BCUT2D eigenvalue weighted by molar-refractivity contribution is 5.36. The molecule has 2 aromatic carbocycles. The van der Waals surface area contributed by atoms with Crippen LogP contribution in [0.1, 0.15) is 87.0 Å². The Kier molecular flexibility index (Phi) is 7.50. The summed E-state index contributed by atoms with van der Waals surface area (Å²) in [5.41, 5.74) is -0.970. The molecule has 0 bridgehead atoms. The van der Waals surface area contributed by atoms with Crippen LogP contribution in [0.4, 0.5) is 22.0 Å². The molecule has 0 heterocycles. The van der Waals surface area contributed by atoms with Crippen LogP contribution in [0.15, 0.2) is 24.3 Å². The van der Waals surface area contributed by atoms with Gasteiger partial charge in [0, 0.05) is 11.6 Å². The lowest BCUT2D eigenvalue weighted by Gasteiger charge is -2.29. The van der Waals surface area contributed by atoms with Gasteiger partial charge in [-0.1, -0.05) is 32.6 Å². The van der Waals surface area contributed by atoms with Crippen molar-refractivity contribution in [1.29, 1.82) is 0 Å². The average Bonchev–Trinajstić information content (AvgIpc) is 2.70. The number of aliphatic hydroxyl groups excluding tert-OH is 1. The first kappa shape index (κ1) is 22.7. The molecular formula is C24H27F5O. The summed E-state index contributed by atoms with van der Waals surface area (Å²) in [4.78, 5) is 0. The Bertz CT molecular complexity index is 851. The molecule has 0 aliphatic heterocycles. The van der Waals surface area contributed by atoms with Gasteiger partial charge in [-0.05, 0) is 61.3 Å². The van der Waals surface area contributed by atoms with Crippen molar-refractivity contribution in [2.45, 2.75) is 70.3 Å². The highest BCUT2D eigenvalue weighted by Crippen LogP contribution is 2.39. The highest BCUT2D eigenvalue weighted by Gasteiger charge is 2.28. The highest BCUT2D eigenvalue weighted by atomic mass is 19.2. The monoisotopic (exact) mass is 426 g/mol. The number of hydrogen-bond acceptors (Lipinski definition) is 1. The van der Waals surface area contributed by atoms with Crippen molar-refractivity contribution in [3.8, 4) is 0 Å². The molecule has 1 saturated carbocycles. The molecule has 1 aliphatic carbocycles. The number of rotatable bonds is 7. The van der Waals surface area contributed by atoms with E-state index in [1.807, 2.05) is 0 Å². The number of halogens is 5. The van der Waals surface area contributed by atoms with E-state index < -0.39 is 46.3 Å². The first-order valence-electron chi connectivity index (χ1n) is 10.6. The van der Waals surface area contributed by atoms with Gasteiger partial charge >= 0.3 is 0 Å². The fourth-order valence-electron chi connectivity index (χ4n) is 4.47. The van der Waals surface area contributed by atoms with Gasteiger partial charge in [-0.25, -0.2) is 22.0 Å². The normalized spacial score (nSPS) is 20.4. The van der Waals surface area contributed by atoms with E-state index in [-0.39, 0.29) is 12.0 Å². The molecule has 0 amide bonds. The molecule has 3 rings (SSSR count). The molecule has 0 saturated heterocycles. The van der Waals surface area contributed by atoms with Crippen LogP contribution in [0.3, 0.4) is 0 Å². The van der Waals surface area contributed by atoms with E-state index in [4.69, 9.17) is 0 Å². The van der Waals surface area contributed by atoms with E-state index in [0.29, 0.717) is 17.5 Å². The number of aliphatic hydroxyl groups is 1. The summed E-state index contributed by atoms with van der Waals surface area (Å²) >= 11 is 0. The Morgan fingerprint density at radius 3 is 2.00 bits per heavy atom. The predicted octanol–water partition coefficient (Wildman–Crippen LogP) is 7.32. The number of hydrogen-bond donors (Lipinski definition) is 1. The van der Waals surface area contributed by atoms with Crippen molar-refractivity contribution in [1.82, 2.24) is 0 Å². The maximum atomic E-state index is 14.7. The minimum absolute atomic E-state index is 0.0302. The Labute approximate surface area is 173 Å². The molecule has 0 spiro atoms. The second-order valence-corrected chi connectivity index (χ2v) is 8.30. The molecule has 0 radical (unpaired) electrons. The molecule has 1 unspecified atom stereocenters. The molecule has 2 aromatic rings. The van der Waals surface area contributed by atoms with Gasteiger partial charge in [0.1, 0.15) is 23.6 Å². The van der Waals surface area contributed by atoms with Gasteiger partial charge in [0.05, 0.1) is 5.56 Å². The van der Waals surface area contributed by atoms with Crippen LogP contribution in [0.2, 0.25) is 0 Å². The molecule has 1 N–H and O–H groups in total. The first-order valence-corrected chi connectivity index (χ1v) is 10.6. The molecule has 164 valence electrons. The number of unbranched alkanes of at least 4 members (excludes halogenated alkanes) is 2. The van der Waals surface area contributed by atoms with Crippen molar-refractivity contribution < 1.29 is 27.1 Å². The van der Waals surface area contributed by atoms with Gasteiger partial charge in [-0.15, -0.1) is 0 Å². The smallest absolute Gasteiger partial charge is 0.161 e. The zero-order chi connectivity index (χ0) is 21.8. The molecule has 6 heteroatoms. The van der Waals surface area contributed by atoms with E-state index in [2.05, 4.69) is 6.92 Å². The zero-order valence-corrected chi connectivity index (χ0v) is 17.0. The maximum Gasteiger partial charge on any atom is 0.161 e. The SMILES string of the molecule is CCCCCC1CCC(c2cc(F)c(C(O)c3cc(F)c(F)cc3F)c(F)c2)CC1. The minimum Gasteiger partial charge on any atom is -0.383 e. The third-order valence-electron chi connectivity index (χ3n) is 6.24. The third-order valence-corrected chi connectivity index (χ3v) is 6.24. The molecule has 1 nitrogen and oxygen atoms in total. The van der Waals surface area contributed by atoms with Crippen molar-refractivity contribution in [2.75, 3.05) is 0 Å². The van der Waals surface area contributed by atoms with E-state index in [1.165, 1.54) is 37.8 Å². The Morgan fingerprint density at radius 1 is 0.800 bits per heavy atom. The van der Waals surface area contributed by atoms with Gasteiger partial charge < -0.3 is 5.11 Å². The second kappa shape index (κ2) is 9.90. The molecule has 1 aliphatic rings. The summed E-state index contributed by atoms with van der Waals surface area (Å²) in [6.45, 7) is 2.17. The van der Waals surface area contributed by atoms with Crippen molar-refractivity contribution >= 4 is 0 Å². The fourth-order valence-corrected chi connectivity index (χ4v) is 4.47. The molecule has 1 fully saturated rings. The van der Waals surface area contributed by atoms with Crippen LogP contribution in [-0.4, -0.2) is 5.11 Å². The molecule has 30 heavy (non-hydrogen) atoms. The van der Waals surface area contributed by atoms with Crippen molar-refractivity contribution in [2.24, 2.45) is 5.92 Å². The van der Waals surface area contributed by atoms with E-state index in [0.717, 1.165) is 25.7 Å². The molecular weight excluding hydrogens is 399 g/mol. The van der Waals surface area contributed by atoms with Crippen molar-refractivity contribution in [3.63, 3.8) is 0 Å². The van der Waals surface area contributed by atoms with Gasteiger partial charge in [-0.2, -0.15) is 0 Å². The van der Waals surface area contributed by atoms with E-state index in [9.17, 15) is 27.1 Å². The van der Waals surface area contributed by atoms with Crippen molar-refractivity contribution in [3.05, 3.63) is 70.0 Å². The van der Waals surface area contributed by atoms with Crippen LogP contribution < -0.4 is 0 Å². The van der Waals surface area contributed by atoms with Gasteiger partial charge in [0.25, 0.3) is 0 Å². The van der Waals surface area contributed by atoms with Crippen LogP contribution in [-0.2, 0) is 0 Å². The van der Waals surface area contributed by atoms with Gasteiger partial charge in [-0.3, -0.25) is 0 Å². The quantitative estimate of drug-likeness (QED) is 0.279. The van der Waals surface area contributed by atoms with Gasteiger partial charge in [0.15, 0.2) is 11.6 Å². The summed E-state index contributed by atoms with van der Waals surface area (Å²) in [7, 11) is 0. The average molecular weight is 426 g/mol. The summed E-state index contributed by atoms with van der Waals surface area (Å²) in [6, 6.07) is 3.00. The standard InChI is InChI=1S/C24H27F5O/c1-2-3-4-5-14-6-8-15(9-7-14)16-10-21(28)23(22(29)11-16)24(30)17-12-19(26)20(27)13-18(17)25/h10-15,24,30H,2-9H2,1H3. The third kappa shape index (κ3) is 5.02. The van der Waals surface area contributed by atoms with Crippen LogP contribution in [0.5, 0.6) is 0 Å². The lowest BCUT2D eigenvalue weighted by molar-refractivity contribution is 0.202. The van der Waals surface area contributed by atoms with Crippen LogP contribution in [0, 0.1) is 35.0 Å². The Morgan fingerprint density at radius 2 is 1.40 bits per heavy atom. The van der Waals surface area contributed by atoms with Gasteiger partial charge in [0.2, 0.25) is 0 Å². The van der Waals surface area contributed by atoms with E-state index in [1.54, 1.807) is 0 Å². The second-order valence-electron chi connectivity index (χ2n) is 8.30. The maximum absolute atomic E-state index is 14.7. The summed E-state index contributed by atoms with van der Waals surface area (Å²) in [5.74, 6) is -5.48. The summed E-state index contributed by atoms with van der Waals surface area (Å²) < 4.78 is 69.9. The summed E-state index contributed by atoms with van der Waals surface area (Å²) in [5, 5.41) is 10.3. The predicted molar refractivity (Wildman–Crippen MR) is 106 cm³/mol. The molecule has 0 aromatic heterocycles. The molecule has 1 atom stereocenters. The lowest BCUT2D eigenvalue weighted by atomic mass is 9.76. The van der Waals surface area contributed by atoms with E-state index >= 15 is 0 Å². The Hall–Kier alpha value is -1.95. The lowest BCUT2D eigenvalue weighted by Crippen LogP contribution is -2.15.